The molecule has 0 unspecified atom stereocenters. The number of carbonyl (C=O) groups is 2. The van der Waals surface area contributed by atoms with Gasteiger partial charge in [0.25, 0.3) is 0 Å². The van der Waals surface area contributed by atoms with Gasteiger partial charge in [0.15, 0.2) is 5.13 Å². The molecule has 21 heavy (non-hydrogen) atoms. The fourth-order valence-corrected chi connectivity index (χ4v) is 2.22. The highest BCUT2D eigenvalue weighted by atomic mass is 35.5. The number of carbonyl (C=O) groups excluding carboxylic acids is 2. The molecular weight excluding hydrogens is 314 g/mol. The first-order valence-electron chi connectivity index (χ1n) is 5.91. The van der Waals surface area contributed by atoms with Crippen LogP contribution in [0.2, 0.25) is 5.02 Å². The topological polar surface area (TPSA) is 80.3 Å². The van der Waals surface area contributed by atoms with Crippen molar-refractivity contribution in [1.29, 1.82) is 0 Å². The second kappa shape index (κ2) is 7.05. The van der Waals surface area contributed by atoms with E-state index < -0.39 is 5.97 Å². The first-order chi connectivity index (χ1) is 10.1. The molecule has 0 aliphatic rings. The number of benzene rings is 1. The molecule has 0 aliphatic carbocycles. The zero-order valence-corrected chi connectivity index (χ0v) is 12.6. The van der Waals surface area contributed by atoms with E-state index in [4.69, 9.17) is 11.6 Å². The fourth-order valence-electron chi connectivity index (χ4n) is 1.53. The minimum Gasteiger partial charge on any atom is -0.465 e. The van der Waals surface area contributed by atoms with Gasteiger partial charge in [-0.1, -0.05) is 11.6 Å². The van der Waals surface area contributed by atoms with Crippen molar-refractivity contribution in [3.8, 4) is 0 Å². The van der Waals surface area contributed by atoms with Crippen LogP contribution in [0.5, 0.6) is 0 Å². The van der Waals surface area contributed by atoms with Gasteiger partial charge in [-0.2, -0.15) is 0 Å². The summed E-state index contributed by atoms with van der Waals surface area (Å²) in [5.41, 5.74) is 0.663. The smallest absolute Gasteiger partial charge is 0.337 e. The van der Waals surface area contributed by atoms with Crippen LogP contribution in [0, 0.1) is 0 Å². The minimum absolute atomic E-state index is 0.0479. The quantitative estimate of drug-likeness (QED) is 0.826. The van der Waals surface area contributed by atoms with E-state index >= 15 is 0 Å². The van der Waals surface area contributed by atoms with Crippen LogP contribution < -0.4 is 10.6 Å². The summed E-state index contributed by atoms with van der Waals surface area (Å²) >= 11 is 7.38. The first kappa shape index (κ1) is 15.3. The number of rotatable bonds is 5. The van der Waals surface area contributed by atoms with E-state index in [1.165, 1.54) is 36.6 Å². The Balaban J connectivity index is 2.01. The normalized spacial score (nSPS) is 10.0. The zero-order chi connectivity index (χ0) is 15.2. The number of nitrogens with zero attached hydrogens (tertiary/aromatic N) is 1. The van der Waals surface area contributed by atoms with Gasteiger partial charge in [0.1, 0.15) is 0 Å². The summed E-state index contributed by atoms with van der Waals surface area (Å²) in [7, 11) is 1.28. The van der Waals surface area contributed by atoms with Crippen molar-refractivity contribution in [2.45, 2.75) is 0 Å². The number of amides is 1. The van der Waals surface area contributed by atoms with Gasteiger partial charge in [0.05, 0.1) is 29.9 Å². The molecule has 1 aromatic heterocycles. The summed E-state index contributed by atoms with van der Waals surface area (Å²) in [6.45, 7) is 0.0479. The first-order valence-corrected chi connectivity index (χ1v) is 7.17. The average molecular weight is 326 g/mol. The van der Waals surface area contributed by atoms with Crippen LogP contribution in [0.4, 0.5) is 10.8 Å². The SMILES string of the molecule is COC(=O)c1ccc(Cl)c(NC(=O)CNc2nccs2)c1. The minimum atomic E-state index is -0.497. The summed E-state index contributed by atoms with van der Waals surface area (Å²) in [4.78, 5) is 27.3. The lowest BCUT2D eigenvalue weighted by atomic mass is 10.2. The van der Waals surface area contributed by atoms with Gasteiger partial charge < -0.3 is 15.4 Å². The van der Waals surface area contributed by atoms with Crippen LogP contribution >= 0.6 is 22.9 Å². The summed E-state index contributed by atoms with van der Waals surface area (Å²) in [6, 6.07) is 4.52. The Bertz CT molecular complexity index is 646. The number of hydrogen-bond donors (Lipinski definition) is 2. The third kappa shape index (κ3) is 4.17. The van der Waals surface area contributed by atoms with Crippen molar-refractivity contribution in [3.63, 3.8) is 0 Å². The molecule has 1 amide bonds. The Kier molecular flexibility index (Phi) is 5.13. The largest absolute Gasteiger partial charge is 0.465 e. The van der Waals surface area contributed by atoms with E-state index in [9.17, 15) is 9.59 Å². The van der Waals surface area contributed by atoms with Gasteiger partial charge in [-0.15, -0.1) is 11.3 Å². The molecule has 8 heteroatoms. The van der Waals surface area contributed by atoms with Crippen LogP contribution in [0.1, 0.15) is 10.4 Å². The predicted octanol–water partition coefficient (Wildman–Crippen LogP) is 2.63. The molecule has 2 rings (SSSR count). The molecule has 110 valence electrons. The lowest BCUT2D eigenvalue weighted by Gasteiger charge is -2.09. The number of nitrogens with one attached hydrogen (secondary N) is 2. The van der Waals surface area contributed by atoms with Crippen LogP contribution in [-0.2, 0) is 9.53 Å². The second-order valence-corrected chi connectivity index (χ2v) is 5.23. The molecule has 0 radical (unpaired) electrons. The van der Waals surface area contributed by atoms with Gasteiger partial charge in [-0.3, -0.25) is 4.79 Å². The van der Waals surface area contributed by atoms with Gasteiger partial charge in [-0.05, 0) is 18.2 Å². The highest BCUT2D eigenvalue weighted by Gasteiger charge is 2.11. The van der Waals surface area contributed by atoms with E-state index in [1.807, 2.05) is 0 Å². The molecule has 0 saturated carbocycles. The van der Waals surface area contributed by atoms with E-state index in [2.05, 4.69) is 20.4 Å². The molecule has 6 nitrogen and oxygen atoms in total. The van der Waals surface area contributed by atoms with E-state index in [1.54, 1.807) is 11.6 Å². The molecule has 0 atom stereocenters. The van der Waals surface area contributed by atoms with Crippen LogP contribution in [-0.4, -0.2) is 30.5 Å². The molecule has 1 aromatic carbocycles. The number of aromatic nitrogens is 1. The molecule has 0 fully saturated rings. The number of thiazole rings is 1. The highest BCUT2D eigenvalue weighted by molar-refractivity contribution is 7.13. The Hall–Kier alpha value is -2.12. The van der Waals surface area contributed by atoms with Crippen LogP contribution in [0.25, 0.3) is 0 Å². The molecule has 0 bridgehead atoms. The molecular formula is C13H12ClN3O3S. The lowest BCUT2D eigenvalue weighted by molar-refractivity contribution is -0.114. The third-order valence-electron chi connectivity index (χ3n) is 2.49. The highest BCUT2D eigenvalue weighted by Crippen LogP contribution is 2.23. The Morgan fingerprint density at radius 3 is 2.90 bits per heavy atom. The van der Waals surface area contributed by atoms with Gasteiger partial charge in [-0.25, -0.2) is 9.78 Å². The number of esters is 1. The third-order valence-corrected chi connectivity index (χ3v) is 3.55. The van der Waals surface area contributed by atoms with Gasteiger partial charge in [0, 0.05) is 11.6 Å². The monoisotopic (exact) mass is 325 g/mol. The maximum absolute atomic E-state index is 11.8. The second-order valence-electron chi connectivity index (χ2n) is 3.93. The summed E-state index contributed by atoms with van der Waals surface area (Å²) < 4.78 is 4.62. The van der Waals surface area contributed by atoms with Gasteiger partial charge >= 0.3 is 5.97 Å². The fraction of sp³-hybridized carbons (Fsp3) is 0.154. The van der Waals surface area contributed by atoms with Gasteiger partial charge in [0.2, 0.25) is 5.91 Å². The van der Waals surface area contributed by atoms with Crippen molar-refractivity contribution >= 4 is 45.6 Å². The van der Waals surface area contributed by atoms with E-state index in [0.29, 0.717) is 21.4 Å². The average Bonchev–Trinajstić information content (AvgIpc) is 3.00. The van der Waals surface area contributed by atoms with Crippen LogP contribution in [0.15, 0.2) is 29.8 Å². The van der Waals surface area contributed by atoms with E-state index in [0.717, 1.165) is 0 Å². The lowest BCUT2D eigenvalue weighted by Crippen LogP contribution is -2.22. The van der Waals surface area contributed by atoms with Crippen molar-refractivity contribution in [2.75, 3.05) is 24.3 Å². The summed E-state index contributed by atoms with van der Waals surface area (Å²) in [5.74, 6) is -0.794. The Morgan fingerprint density at radius 2 is 2.24 bits per heavy atom. The predicted molar refractivity (Wildman–Crippen MR) is 82.0 cm³/mol. The standard InChI is InChI=1S/C13H12ClN3O3S/c1-20-12(19)8-2-3-9(14)10(6-8)17-11(18)7-16-13-15-4-5-21-13/h2-6H,7H2,1H3,(H,15,16)(H,17,18). The van der Waals surface area contributed by atoms with Crippen molar-refractivity contribution in [3.05, 3.63) is 40.4 Å². The number of anilines is 2. The molecule has 0 aliphatic heterocycles. The maximum Gasteiger partial charge on any atom is 0.337 e. The zero-order valence-electron chi connectivity index (χ0n) is 11.1. The maximum atomic E-state index is 11.8. The Morgan fingerprint density at radius 1 is 1.43 bits per heavy atom. The number of ether oxygens (including phenoxy) is 1. The summed E-state index contributed by atoms with van der Waals surface area (Å²) in [5, 5.41) is 8.29. The van der Waals surface area contributed by atoms with Crippen molar-refractivity contribution < 1.29 is 14.3 Å². The summed E-state index contributed by atoms with van der Waals surface area (Å²) in [6.07, 6.45) is 1.64. The number of hydrogen-bond acceptors (Lipinski definition) is 6. The molecule has 0 spiro atoms. The number of methoxy groups -OCH3 is 1. The molecule has 2 N–H and O–H groups in total. The van der Waals surface area contributed by atoms with Crippen LogP contribution in [0.3, 0.4) is 0 Å². The van der Waals surface area contributed by atoms with Crippen molar-refractivity contribution in [2.24, 2.45) is 0 Å². The van der Waals surface area contributed by atoms with E-state index in [-0.39, 0.29) is 12.5 Å². The molecule has 1 heterocycles. The molecule has 0 saturated heterocycles. The molecule has 2 aromatic rings. The van der Waals surface area contributed by atoms with Crippen molar-refractivity contribution in [1.82, 2.24) is 4.98 Å². The number of halogens is 1. The Labute approximate surface area is 130 Å².